The van der Waals surface area contributed by atoms with Crippen molar-refractivity contribution >= 4 is 17.2 Å². The first kappa shape index (κ1) is 11.9. The number of nitrogens with two attached hydrogens (primary N) is 1. The van der Waals surface area contributed by atoms with Crippen LogP contribution in [0.1, 0.15) is 30.2 Å². The van der Waals surface area contributed by atoms with Gasteiger partial charge in [-0.1, -0.05) is 19.1 Å². The third-order valence-electron chi connectivity index (χ3n) is 2.40. The highest BCUT2D eigenvalue weighted by Crippen LogP contribution is 2.06. The van der Waals surface area contributed by atoms with Gasteiger partial charge in [-0.2, -0.15) is 0 Å². The molecule has 0 spiro atoms. The van der Waals surface area contributed by atoms with Gasteiger partial charge in [0.15, 0.2) is 0 Å². The molecule has 0 unspecified atom stereocenters. The fourth-order valence-electron chi connectivity index (χ4n) is 1.73. The molecule has 3 nitrogen and oxygen atoms in total. The Morgan fingerprint density at radius 3 is 2.60 bits per heavy atom. The lowest BCUT2D eigenvalue weighted by Crippen LogP contribution is -2.31. The molecule has 1 aromatic rings. The summed E-state index contributed by atoms with van der Waals surface area (Å²) in [4.78, 5) is 12.2. The van der Waals surface area contributed by atoms with E-state index < -0.39 is 0 Å². The summed E-state index contributed by atoms with van der Waals surface area (Å²) < 4.78 is 1.72. The molecule has 15 heavy (non-hydrogen) atoms. The fraction of sp³-hybridized carbons (Fsp3) is 0.455. The van der Waals surface area contributed by atoms with Crippen molar-refractivity contribution in [2.45, 2.75) is 33.7 Å². The van der Waals surface area contributed by atoms with Gasteiger partial charge in [-0.25, -0.2) is 0 Å². The van der Waals surface area contributed by atoms with Crippen LogP contribution in [0.25, 0.3) is 0 Å². The lowest BCUT2D eigenvalue weighted by atomic mass is 10.1. The quantitative estimate of drug-likeness (QED) is 0.792. The number of aromatic nitrogens is 1. The number of hydrogen-bond donors (Lipinski definition) is 1. The van der Waals surface area contributed by atoms with E-state index in [0.717, 1.165) is 17.7 Å². The fourth-order valence-corrected chi connectivity index (χ4v) is 1.98. The maximum absolute atomic E-state index is 12.0. The summed E-state index contributed by atoms with van der Waals surface area (Å²) >= 11 is 4.89. The number of aryl methyl sites for hydroxylation is 2. The largest absolute Gasteiger partial charge is 0.389 e. The first-order valence-electron chi connectivity index (χ1n) is 4.99. The van der Waals surface area contributed by atoms with E-state index in [1.54, 1.807) is 4.57 Å². The van der Waals surface area contributed by atoms with Gasteiger partial charge in [0.2, 0.25) is 0 Å². The highest BCUT2D eigenvalue weighted by molar-refractivity contribution is 7.80. The average molecular weight is 224 g/mol. The lowest BCUT2D eigenvalue weighted by Gasteiger charge is -2.12. The zero-order valence-electron chi connectivity index (χ0n) is 9.33. The summed E-state index contributed by atoms with van der Waals surface area (Å²) in [5.41, 5.74) is 7.77. The van der Waals surface area contributed by atoms with Crippen LogP contribution in [0.2, 0.25) is 0 Å². The molecule has 82 valence electrons. The maximum atomic E-state index is 12.0. The van der Waals surface area contributed by atoms with Crippen molar-refractivity contribution in [1.29, 1.82) is 0 Å². The number of rotatable bonds is 3. The molecule has 0 aromatic carbocycles. The van der Waals surface area contributed by atoms with Gasteiger partial charge in [-0.15, -0.1) is 0 Å². The van der Waals surface area contributed by atoms with Gasteiger partial charge in [0.05, 0.1) is 5.56 Å². The summed E-state index contributed by atoms with van der Waals surface area (Å²) in [6.45, 7) is 6.53. The molecule has 0 aliphatic rings. The molecule has 0 fully saturated rings. The summed E-state index contributed by atoms with van der Waals surface area (Å²) in [5, 5.41) is 0. The van der Waals surface area contributed by atoms with Crippen molar-refractivity contribution in [2.24, 2.45) is 5.73 Å². The highest BCUT2D eigenvalue weighted by Gasteiger charge is 2.11. The van der Waals surface area contributed by atoms with Crippen molar-refractivity contribution in [1.82, 2.24) is 4.57 Å². The van der Waals surface area contributed by atoms with Crippen molar-refractivity contribution in [3.05, 3.63) is 33.2 Å². The Kier molecular flexibility index (Phi) is 3.63. The molecule has 0 bridgehead atoms. The first-order valence-corrected chi connectivity index (χ1v) is 5.40. The molecule has 2 N–H and O–H groups in total. The van der Waals surface area contributed by atoms with Crippen LogP contribution in [0.4, 0.5) is 0 Å². The SMILES string of the molecule is CCCn1c(C)cc(C)c(C(N)=S)c1=O. The minimum absolute atomic E-state index is 0.0677. The van der Waals surface area contributed by atoms with E-state index in [0.29, 0.717) is 12.1 Å². The van der Waals surface area contributed by atoms with Crippen LogP contribution < -0.4 is 11.3 Å². The van der Waals surface area contributed by atoms with Crippen LogP contribution in [0.5, 0.6) is 0 Å². The van der Waals surface area contributed by atoms with Crippen LogP contribution >= 0.6 is 12.2 Å². The van der Waals surface area contributed by atoms with E-state index >= 15 is 0 Å². The zero-order chi connectivity index (χ0) is 11.6. The smallest absolute Gasteiger partial charge is 0.261 e. The van der Waals surface area contributed by atoms with Gasteiger partial charge in [-0.05, 0) is 31.9 Å². The molecule has 0 aliphatic heterocycles. The standard InChI is InChI=1S/C11H16N2OS/c1-4-5-13-8(3)6-7(2)9(10(12)15)11(13)14/h6H,4-5H2,1-3H3,(H2,12,15). The van der Waals surface area contributed by atoms with Gasteiger partial charge in [0.25, 0.3) is 5.56 Å². The second kappa shape index (κ2) is 4.57. The topological polar surface area (TPSA) is 48.0 Å². The van der Waals surface area contributed by atoms with Gasteiger partial charge in [0, 0.05) is 12.2 Å². The van der Waals surface area contributed by atoms with E-state index in [2.05, 4.69) is 0 Å². The van der Waals surface area contributed by atoms with E-state index in [1.165, 1.54) is 0 Å². The van der Waals surface area contributed by atoms with Gasteiger partial charge >= 0.3 is 0 Å². The molecule has 0 amide bonds. The molecule has 4 heteroatoms. The molecule has 0 saturated heterocycles. The summed E-state index contributed by atoms with van der Waals surface area (Å²) in [6.07, 6.45) is 0.917. The van der Waals surface area contributed by atoms with Crippen molar-refractivity contribution in [2.75, 3.05) is 0 Å². The zero-order valence-corrected chi connectivity index (χ0v) is 10.1. The molecule has 0 radical (unpaired) electrons. The van der Waals surface area contributed by atoms with Crippen LogP contribution in [-0.2, 0) is 6.54 Å². The molecule has 0 saturated carbocycles. The molecular weight excluding hydrogens is 208 g/mol. The average Bonchev–Trinajstić information content (AvgIpc) is 2.11. The summed E-state index contributed by atoms with van der Waals surface area (Å²) in [7, 11) is 0. The molecule has 1 aromatic heterocycles. The van der Waals surface area contributed by atoms with Crippen LogP contribution in [0.3, 0.4) is 0 Å². The molecular formula is C11H16N2OS. The maximum Gasteiger partial charge on any atom is 0.261 e. The molecule has 0 aliphatic carbocycles. The predicted octanol–water partition coefficient (Wildman–Crippen LogP) is 1.51. The molecule has 0 atom stereocenters. The third kappa shape index (κ3) is 2.26. The van der Waals surface area contributed by atoms with Gasteiger partial charge < -0.3 is 10.3 Å². The second-order valence-electron chi connectivity index (χ2n) is 3.66. The summed E-state index contributed by atoms with van der Waals surface area (Å²) in [5.74, 6) is 0. The van der Waals surface area contributed by atoms with Crippen molar-refractivity contribution in [3.8, 4) is 0 Å². The van der Waals surface area contributed by atoms with Crippen molar-refractivity contribution in [3.63, 3.8) is 0 Å². The Morgan fingerprint density at radius 2 is 2.13 bits per heavy atom. The number of hydrogen-bond acceptors (Lipinski definition) is 2. The van der Waals surface area contributed by atoms with E-state index in [4.69, 9.17) is 18.0 Å². The second-order valence-corrected chi connectivity index (χ2v) is 4.10. The Morgan fingerprint density at radius 1 is 1.53 bits per heavy atom. The van der Waals surface area contributed by atoms with Crippen LogP contribution in [0, 0.1) is 13.8 Å². The lowest BCUT2D eigenvalue weighted by molar-refractivity contribution is 0.633. The Hall–Kier alpha value is -1.16. The van der Waals surface area contributed by atoms with Gasteiger partial charge in [0.1, 0.15) is 4.99 Å². The van der Waals surface area contributed by atoms with Gasteiger partial charge in [-0.3, -0.25) is 4.79 Å². The molecule has 1 rings (SSSR count). The number of nitrogens with zero attached hydrogens (tertiary/aromatic N) is 1. The van der Waals surface area contributed by atoms with Crippen LogP contribution in [-0.4, -0.2) is 9.56 Å². The Balaban J connectivity index is 3.49. The minimum atomic E-state index is -0.0677. The number of thiocarbonyl (C=S) groups is 1. The van der Waals surface area contributed by atoms with E-state index in [1.807, 2.05) is 26.8 Å². The monoisotopic (exact) mass is 224 g/mol. The number of pyridine rings is 1. The molecule has 1 heterocycles. The van der Waals surface area contributed by atoms with Crippen LogP contribution in [0.15, 0.2) is 10.9 Å². The first-order chi connectivity index (χ1) is 6.99. The summed E-state index contributed by atoms with van der Waals surface area (Å²) in [6, 6.07) is 1.95. The minimum Gasteiger partial charge on any atom is -0.389 e. The highest BCUT2D eigenvalue weighted by atomic mass is 32.1. The predicted molar refractivity (Wildman–Crippen MR) is 66.4 cm³/mol. The Labute approximate surface area is 94.9 Å². The Bertz CT molecular complexity index is 449. The van der Waals surface area contributed by atoms with Crippen molar-refractivity contribution < 1.29 is 0 Å². The third-order valence-corrected chi connectivity index (χ3v) is 2.60. The van der Waals surface area contributed by atoms with E-state index in [-0.39, 0.29) is 10.5 Å². The normalized spacial score (nSPS) is 10.3. The van der Waals surface area contributed by atoms with E-state index in [9.17, 15) is 4.79 Å².